The standard InChI is InChI=1S/C18H24N4O2/c1-21-9-4-8-15(21)17-20-16(14-7-2-3-10-22(14)17)18(23)19-12-13-6-5-11-24-13/h2-3,7,10,13,15H,4-6,8-9,11-12H2,1H3,(H,19,23)/t13-,15+/m0/s1. The molecule has 0 saturated carbocycles. The minimum absolute atomic E-state index is 0.110. The van der Waals surface area contributed by atoms with Crippen LogP contribution in [0.15, 0.2) is 24.4 Å². The predicted molar refractivity (Wildman–Crippen MR) is 91.1 cm³/mol. The van der Waals surface area contributed by atoms with Crippen molar-refractivity contribution in [1.29, 1.82) is 0 Å². The summed E-state index contributed by atoms with van der Waals surface area (Å²) in [4.78, 5) is 19.7. The van der Waals surface area contributed by atoms with Crippen LogP contribution >= 0.6 is 0 Å². The smallest absolute Gasteiger partial charge is 0.272 e. The van der Waals surface area contributed by atoms with E-state index in [4.69, 9.17) is 9.72 Å². The van der Waals surface area contributed by atoms with E-state index in [1.807, 2.05) is 24.4 Å². The lowest BCUT2D eigenvalue weighted by Gasteiger charge is -2.17. The van der Waals surface area contributed by atoms with E-state index >= 15 is 0 Å². The van der Waals surface area contributed by atoms with E-state index in [9.17, 15) is 4.79 Å². The highest BCUT2D eigenvalue weighted by Gasteiger charge is 2.29. The third-order valence-corrected chi connectivity index (χ3v) is 5.12. The Morgan fingerprint density at radius 3 is 3.04 bits per heavy atom. The van der Waals surface area contributed by atoms with E-state index in [-0.39, 0.29) is 18.1 Å². The minimum atomic E-state index is -0.110. The highest BCUT2D eigenvalue weighted by molar-refractivity contribution is 5.99. The van der Waals surface area contributed by atoms with Gasteiger partial charge in [0.25, 0.3) is 5.91 Å². The summed E-state index contributed by atoms with van der Waals surface area (Å²) in [5.74, 6) is 0.856. The van der Waals surface area contributed by atoms with Crippen molar-refractivity contribution in [1.82, 2.24) is 19.6 Å². The highest BCUT2D eigenvalue weighted by Crippen LogP contribution is 2.31. The van der Waals surface area contributed by atoms with E-state index in [0.29, 0.717) is 12.2 Å². The van der Waals surface area contributed by atoms with Gasteiger partial charge in [0.1, 0.15) is 5.82 Å². The first-order chi connectivity index (χ1) is 11.7. The summed E-state index contributed by atoms with van der Waals surface area (Å²) >= 11 is 0. The summed E-state index contributed by atoms with van der Waals surface area (Å²) < 4.78 is 7.64. The molecule has 2 saturated heterocycles. The van der Waals surface area contributed by atoms with Gasteiger partial charge >= 0.3 is 0 Å². The van der Waals surface area contributed by atoms with Crippen LogP contribution in [0.5, 0.6) is 0 Å². The van der Waals surface area contributed by atoms with E-state index < -0.39 is 0 Å². The number of pyridine rings is 1. The third-order valence-electron chi connectivity index (χ3n) is 5.12. The van der Waals surface area contributed by atoms with Crippen LogP contribution < -0.4 is 5.32 Å². The first kappa shape index (κ1) is 15.6. The zero-order valence-corrected chi connectivity index (χ0v) is 14.1. The molecule has 6 heteroatoms. The Bertz CT molecular complexity index is 736. The molecule has 1 amide bonds. The maximum Gasteiger partial charge on any atom is 0.272 e. The van der Waals surface area contributed by atoms with Gasteiger partial charge in [-0.05, 0) is 51.4 Å². The van der Waals surface area contributed by atoms with Gasteiger partial charge in [0.05, 0.1) is 17.7 Å². The van der Waals surface area contributed by atoms with Crippen molar-refractivity contribution >= 4 is 11.4 Å². The van der Waals surface area contributed by atoms with Gasteiger partial charge in [-0.25, -0.2) is 4.98 Å². The van der Waals surface area contributed by atoms with Crippen LogP contribution in [0.1, 0.15) is 48.0 Å². The van der Waals surface area contributed by atoms with Crippen molar-refractivity contribution in [2.75, 3.05) is 26.7 Å². The number of rotatable bonds is 4. The molecule has 0 bridgehead atoms. The molecule has 0 spiro atoms. The molecular formula is C18H24N4O2. The molecule has 1 N–H and O–H groups in total. The minimum Gasteiger partial charge on any atom is -0.376 e. The summed E-state index contributed by atoms with van der Waals surface area (Å²) in [6.07, 6.45) is 6.49. The fourth-order valence-electron chi connectivity index (χ4n) is 3.80. The fourth-order valence-corrected chi connectivity index (χ4v) is 3.80. The lowest BCUT2D eigenvalue weighted by atomic mass is 10.2. The van der Waals surface area contributed by atoms with Crippen LogP contribution in [0, 0.1) is 0 Å². The summed E-state index contributed by atoms with van der Waals surface area (Å²) in [6, 6.07) is 6.18. The molecule has 2 aromatic heterocycles. The second-order valence-electron chi connectivity index (χ2n) is 6.76. The fraction of sp³-hybridized carbons (Fsp3) is 0.556. The number of carbonyl (C=O) groups excluding carboxylic acids is 1. The predicted octanol–water partition coefficient (Wildman–Crippen LogP) is 2.01. The molecule has 2 aromatic rings. The van der Waals surface area contributed by atoms with Crippen LogP contribution in [0.3, 0.4) is 0 Å². The van der Waals surface area contributed by atoms with Gasteiger partial charge in [-0.2, -0.15) is 0 Å². The molecule has 0 unspecified atom stereocenters. The van der Waals surface area contributed by atoms with Gasteiger partial charge in [0.2, 0.25) is 0 Å². The monoisotopic (exact) mass is 328 g/mol. The number of nitrogens with zero attached hydrogens (tertiary/aromatic N) is 3. The van der Waals surface area contributed by atoms with E-state index in [1.165, 1.54) is 6.42 Å². The van der Waals surface area contributed by atoms with Crippen LogP contribution in [0.4, 0.5) is 0 Å². The van der Waals surface area contributed by atoms with Crippen molar-refractivity contribution in [3.63, 3.8) is 0 Å². The van der Waals surface area contributed by atoms with Crippen molar-refractivity contribution in [2.24, 2.45) is 0 Å². The molecule has 2 fully saturated rings. The number of ether oxygens (including phenoxy) is 1. The number of amides is 1. The molecule has 128 valence electrons. The molecule has 2 aliphatic heterocycles. The normalized spacial score (nSPS) is 24.7. The lowest BCUT2D eigenvalue weighted by Crippen LogP contribution is -2.32. The van der Waals surface area contributed by atoms with Crippen molar-refractivity contribution in [2.45, 2.75) is 37.8 Å². The summed E-state index contributed by atoms with van der Waals surface area (Å²) in [6.45, 7) is 2.43. The molecule has 2 atom stereocenters. The van der Waals surface area contributed by atoms with Gasteiger partial charge < -0.3 is 14.5 Å². The molecule has 6 nitrogen and oxygen atoms in total. The van der Waals surface area contributed by atoms with Crippen LogP contribution in [0.2, 0.25) is 0 Å². The number of fused-ring (bicyclic) bond motifs is 1. The number of aromatic nitrogens is 2. The van der Waals surface area contributed by atoms with Gasteiger partial charge in [0, 0.05) is 19.3 Å². The maximum absolute atomic E-state index is 12.7. The molecular weight excluding hydrogens is 304 g/mol. The van der Waals surface area contributed by atoms with Crippen molar-refractivity contribution in [3.8, 4) is 0 Å². The zero-order chi connectivity index (χ0) is 16.5. The van der Waals surface area contributed by atoms with E-state index in [2.05, 4.69) is 21.7 Å². The largest absolute Gasteiger partial charge is 0.376 e. The van der Waals surface area contributed by atoms with Gasteiger partial charge in [-0.1, -0.05) is 6.07 Å². The lowest BCUT2D eigenvalue weighted by molar-refractivity contribution is 0.0855. The average molecular weight is 328 g/mol. The molecule has 4 heterocycles. The Morgan fingerprint density at radius 1 is 1.38 bits per heavy atom. The highest BCUT2D eigenvalue weighted by atomic mass is 16.5. The SMILES string of the molecule is CN1CCC[C@@H]1c1nc(C(=O)NC[C@@H]2CCCO2)c2ccccn12. The van der Waals surface area contributed by atoms with E-state index in [0.717, 1.165) is 43.8 Å². The Balaban J connectivity index is 1.61. The average Bonchev–Trinajstić information content (AvgIpc) is 3.32. The molecule has 0 aliphatic carbocycles. The van der Waals surface area contributed by atoms with Gasteiger partial charge in [-0.15, -0.1) is 0 Å². The van der Waals surface area contributed by atoms with Crippen LogP contribution in [-0.4, -0.2) is 53.0 Å². The van der Waals surface area contributed by atoms with E-state index in [1.54, 1.807) is 0 Å². The maximum atomic E-state index is 12.7. The third kappa shape index (κ3) is 2.80. The van der Waals surface area contributed by atoms with Crippen molar-refractivity contribution < 1.29 is 9.53 Å². The number of imidazole rings is 1. The molecule has 4 rings (SSSR count). The summed E-state index contributed by atoms with van der Waals surface area (Å²) in [5, 5.41) is 2.99. The van der Waals surface area contributed by atoms with Crippen molar-refractivity contribution in [3.05, 3.63) is 35.9 Å². The second-order valence-corrected chi connectivity index (χ2v) is 6.76. The molecule has 0 radical (unpaired) electrons. The number of likely N-dealkylation sites (tertiary alicyclic amines) is 1. The number of nitrogens with one attached hydrogen (secondary N) is 1. The number of hydrogen-bond acceptors (Lipinski definition) is 4. The Labute approximate surface area is 141 Å². The first-order valence-corrected chi connectivity index (χ1v) is 8.81. The first-order valence-electron chi connectivity index (χ1n) is 8.81. The number of carbonyl (C=O) groups is 1. The Kier molecular flexibility index (Phi) is 4.24. The van der Waals surface area contributed by atoms with Gasteiger partial charge in [0.15, 0.2) is 5.69 Å². The second kappa shape index (κ2) is 6.53. The van der Waals surface area contributed by atoms with Crippen LogP contribution in [0.25, 0.3) is 5.52 Å². The van der Waals surface area contributed by atoms with Gasteiger partial charge in [-0.3, -0.25) is 9.69 Å². The summed E-state index contributed by atoms with van der Waals surface area (Å²) in [5.41, 5.74) is 1.39. The topological polar surface area (TPSA) is 58.9 Å². The quantitative estimate of drug-likeness (QED) is 0.933. The zero-order valence-electron chi connectivity index (χ0n) is 14.1. The van der Waals surface area contributed by atoms with Crippen LogP contribution in [-0.2, 0) is 4.74 Å². The number of hydrogen-bond donors (Lipinski definition) is 1. The Morgan fingerprint density at radius 2 is 2.29 bits per heavy atom. The Hall–Kier alpha value is -1.92. The summed E-state index contributed by atoms with van der Waals surface area (Å²) in [7, 11) is 2.12. The molecule has 2 aliphatic rings. The molecule has 24 heavy (non-hydrogen) atoms. The molecule has 0 aromatic carbocycles.